The van der Waals surface area contributed by atoms with Crippen LogP contribution in [0.4, 0.5) is 11.6 Å². The second kappa shape index (κ2) is 7.63. The number of halogens is 1. The first-order valence-electron chi connectivity index (χ1n) is 9.82. The second-order valence-electron chi connectivity index (χ2n) is 7.99. The summed E-state index contributed by atoms with van der Waals surface area (Å²) in [4.78, 5) is 35.7. The first-order valence-corrected chi connectivity index (χ1v) is 10.2. The number of nitrogen functional groups attached to an aromatic ring is 1. The first kappa shape index (κ1) is 19.6. The number of rotatable bonds is 3. The van der Waals surface area contributed by atoms with Gasteiger partial charge in [-0.15, -0.1) is 0 Å². The predicted octanol–water partition coefficient (Wildman–Crippen LogP) is 2.86. The summed E-state index contributed by atoms with van der Waals surface area (Å²) >= 11 is 6.00. The van der Waals surface area contributed by atoms with Crippen LogP contribution in [0.1, 0.15) is 42.5 Å². The molecule has 1 spiro atoms. The van der Waals surface area contributed by atoms with Gasteiger partial charge in [0, 0.05) is 35.4 Å². The highest BCUT2D eigenvalue weighted by atomic mass is 35.5. The molecular weight excluding hydrogens is 390 g/mol. The summed E-state index contributed by atoms with van der Waals surface area (Å²) in [5.41, 5.74) is 9.24. The molecular formula is C21H24ClN5O2. The van der Waals surface area contributed by atoms with E-state index in [-0.39, 0.29) is 29.6 Å². The molecule has 1 aromatic heterocycles. The Labute approximate surface area is 174 Å². The van der Waals surface area contributed by atoms with E-state index < -0.39 is 0 Å². The summed E-state index contributed by atoms with van der Waals surface area (Å²) < 4.78 is 0. The Kier molecular flexibility index (Phi) is 5.17. The Bertz CT molecular complexity index is 976. The van der Waals surface area contributed by atoms with Crippen LogP contribution < -0.4 is 11.1 Å². The van der Waals surface area contributed by atoms with Crippen LogP contribution in [0.25, 0.3) is 0 Å². The largest absolute Gasteiger partial charge is 0.368 e. The predicted molar refractivity (Wildman–Crippen MR) is 112 cm³/mol. The van der Waals surface area contributed by atoms with Crippen molar-refractivity contribution in [3.05, 3.63) is 46.2 Å². The number of piperidine rings is 1. The molecule has 2 amide bonds. The fourth-order valence-electron chi connectivity index (χ4n) is 4.47. The molecule has 1 aliphatic heterocycles. The molecule has 0 saturated carbocycles. The number of nitrogens with two attached hydrogens (primary N) is 1. The van der Waals surface area contributed by atoms with Crippen LogP contribution in [-0.2, 0) is 21.4 Å². The number of benzene rings is 1. The number of anilines is 2. The van der Waals surface area contributed by atoms with Crippen molar-refractivity contribution in [3.8, 4) is 0 Å². The number of amides is 2. The Morgan fingerprint density at radius 1 is 1.34 bits per heavy atom. The zero-order valence-corrected chi connectivity index (χ0v) is 17.1. The fraction of sp³-hybridized carbons (Fsp3) is 0.429. The van der Waals surface area contributed by atoms with Crippen molar-refractivity contribution in [1.29, 1.82) is 0 Å². The van der Waals surface area contributed by atoms with Gasteiger partial charge in [0.1, 0.15) is 6.42 Å². The van der Waals surface area contributed by atoms with Crippen molar-refractivity contribution in [2.24, 2.45) is 0 Å². The highest BCUT2D eigenvalue weighted by Gasteiger charge is 2.44. The van der Waals surface area contributed by atoms with Crippen molar-refractivity contribution in [2.75, 3.05) is 24.1 Å². The quantitative estimate of drug-likeness (QED) is 0.753. The Hall–Kier alpha value is -2.67. The highest BCUT2D eigenvalue weighted by Crippen LogP contribution is 2.44. The fourth-order valence-corrected chi connectivity index (χ4v) is 4.64. The third-order valence-corrected chi connectivity index (χ3v) is 6.21. The van der Waals surface area contributed by atoms with E-state index in [1.165, 1.54) is 0 Å². The van der Waals surface area contributed by atoms with E-state index in [9.17, 15) is 9.59 Å². The number of carbonyl (C=O) groups excluding carboxylic acids is 2. The van der Waals surface area contributed by atoms with Crippen molar-refractivity contribution < 1.29 is 9.59 Å². The van der Waals surface area contributed by atoms with Crippen LogP contribution in [0.5, 0.6) is 0 Å². The third kappa shape index (κ3) is 3.92. The zero-order valence-electron chi connectivity index (χ0n) is 16.4. The van der Waals surface area contributed by atoms with Crippen molar-refractivity contribution in [1.82, 2.24) is 14.9 Å². The smallest absolute Gasteiger partial charge is 0.233 e. The zero-order chi connectivity index (χ0) is 20.6. The number of hydrogen-bond acceptors (Lipinski definition) is 5. The van der Waals surface area contributed by atoms with E-state index in [4.69, 9.17) is 17.3 Å². The molecule has 2 heterocycles. The van der Waals surface area contributed by atoms with E-state index >= 15 is 0 Å². The van der Waals surface area contributed by atoms with Crippen molar-refractivity contribution in [2.45, 2.75) is 44.4 Å². The van der Waals surface area contributed by atoms with E-state index in [1.807, 2.05) is 13.0 Å². The monoisotopic (exact) mass is 413 g/mol. The van der Waals surface area contributed by atoms with Gasteiger partial charge in [0.25, 0.3) is 0 Å². The molecule has 1 saturated heterocycles. The number of hydrogen-bond donors (Lipinski definition) is 2. The molecule has 2 aliphatic rings. The number of nitrogens with one attached hydrogen (secondary N) is 1. The Morgan fingerprint density at radius 2 is 2.17 bits per heavy atom. The second-order valence-corrected chi connectivity index (χ2v) is 8.42. The maximum absolute atomic E-state index is 12.9. The molecule has 1 atom stereocenters. The van der Waals surface area contributed by atoms with Gasteiger partial charge < -0.3 is 16.0 Å². The van der Waals surface area contributed by atoms with Crippen LogP contribution in [0.3, 0.4) is 0 Å². The van der Waals surface area contributed by atoms with E-state index in [0.717, 1.165) is 42.5 Å². The average molecular weight is 414 g/mol. The normalized spacial score (nSPS) is 20.6. The summed E-state index contributed by atoms with van der Waals surface area (Å²) in [7, 11) is 0. The lowest BCUT2D eigenvalue weighted by molar-refractivity contribution is -0.136. The number of fused-ring (bicyclic) bond motifs is 2. The third-order valence-electron chi connectivity index (χ3n) is 5.97. The molecule has 152 valence electrons. The van der Waals surface area contributed by atoms with Crippen molar-refractivity contribution in [3.63, 3.8) is 0 Å². The van der Waals surface area contributed by atoms with E-state index in [1.54, 1.807) is 23.2 Å². The molecule has 1 unspecified atom stereocenters. The Balaban J connectivity index is 1.44. The lowest BCUT2D eigenvalue weighted by Crippen LogP contribution is -2.48. The molecule has 4 rings (SSSR count). The molecule has 3 N–H and O–H groups in total. The van der Waals surface area contributed by atoms with E-state index in [0.29, 0.717) is 23.8 Å². The summed E-state index contributed by atoms with van der Waals surface area (Å²) in [6, 6.07) is 5.29. The van der Waals surface area contributed by atoms with Crippen molar-refractivity contribution >= 4 is 35.1 Å². The molecule has 1 aromatic carbocycles. The van der Waals surface area contributed by atoms with Gasteiger partial charge >= 0.3 is 0 Å². The van der Waals surface area contributed by atoms with Crippen LogP contribution >= 0.6 is 11.6 Å². The topological polar surface area (TPSA) is 101 Å². The minimum atomic E-state index is -0.335. The Morgan fingerprint density at radius 3 is 3.00 bits per heavy atom. The number of aryl methyl sites for hydroxylation is 2. The number of aromatic nitrogens is 2. The number of likely N-dealkylation sites (tertiary alicyclic amines) is 1. The van der Waals surface area contributed by atoms with Gasteiger partial charge in [-0.2, -0.15) is 0 Å². The minimum Gasteiger partial charge on any atom is -0.368 e. The van der Waals surface area contributed by atoms with Gasteiger partial charge in [-0.1, -0.05) is 17.7 Å². The van der Waals surface area contributed by atoms with Gasteiger partial charge in [0.2, 0.25) is 17.8 Å². The number of nitrogens with zero attached hydrogens (tertiary/aromatic N) is 3. The highest BCUT2D eigenvalue weighted by molar-refractivity contribution is 6.31. The summed E-state index contributed by atoms with van der Waals surface area (Å²) in [5.74, 6) is -0.236. The summed E-state index contributed by atoms with van der Waals surface area (Å²) in [5, 5.41) is 3.34. The number of carbonyl (C=O) groups is 2. The molecule has 0 bridgehead atoms. The van der Waals surface area contributed by atoms with Gasteiger partial charge in [-0.25, -0.2) is 9.97 Å². The standard InChI is InChI=1S/C21H24ClN5O2/c1-13-3-4-15(22)9-16(13)25-17(28)10-18(29)27-8-2-6-21(12-27)7-5-14-11-24-20(23)26-19(14)21/h3-4,9,11H,2,5-8,10,12H2,1H3,(H,25,28)(H2,23,24,26). The van der Waals surface area contributed by atoms with Crippen LogP contribution in [0.15, 0.2) is 24.4 Å². The van der Waals surface area contributed by atoms with Crippen LogP contribution in [-0.4, -0.2) is 39.8 Å². The molecule has 29 heavy (non-hydrogen) atoms. The lowest BCUT2D eigenvalue weighted by atomic mass is 9.77. The molecule has 1 aliphatic carbocycles. The van der Waals surface area contributed by atoms with Crippen LogP contribution in [0, 0.1) is 6.92 Å². The van der Waals surface area contributed by atoms with Gasteiger partial charge in [0.05, 0.1) is 5.69 Å². The molecule has 7 nitrogen and oxygen atoms in total. The molecule has 8 heteroatoms. The van der Waals surface area contributed by atoms with E-state index in [2.05, 4.69) is 15.3 Å². The molecule has 1 fully saturated rings. The maximum Gasteiger partial charge on any atom is 0.233 e. The maximum atomic E-state index is 12.9. The van der Waals surface area contributed by atoms with Gasteiger partial charge in [-0.3, -0.25) is 9.59 Å². The van der Waals surface area contributed by atoms with Gasteiger partial charge in [0.15, 0.2) is 0 Å². The minimum absolute atomic E-state index is 0.170. The summed E-state index contributed by atoms with van der Waals surface area (Å²) in [6.07, 6.45) is 5.28. The lowest BCUT2D eigenvalue weighted by Gasteiger charge is -2.40. The molecule has 0 radical (unpaired) electrons. The summed E-state index contributed by atoms with van der Waals surface area (Å²) in [6.45, 7) is 3.10. The first-order chi connectivity index (χ1) is 13.9. The molecule has 2 aromatic rings. The SMILES string of the molecule is Cc1ccc(Cl)cc1NC(=O)CC(=O)N1CCCC2(CCc3cnc(N)nc32)C1. The average Bonchev–Trinajstić information content (AvgIpc) is 3.02. The van der Waals surface area contributed by atoms with Gasteiger partial charge in [-0.05, 0) is 55.9 Å². The van der Waals surface area contributed by atoms with Crippen LogP contribution in [0.2, 0.25) is 5.02 Å².